The summed E-state index contributed by atoms with van der Waals surface area (Å²) in [6, 6.07) is 19.8. The van der Waals surface area contributed by atoms with Crippen molar-refractivity contribution in [2.45, 2.75) is 39.5 Å². The summed E-state index contributed by atoms with van der Waals surface area (Å²) in [5.41, 5.74) is 9.11. The fourth-order valence-electron chi connectivity index (χ4n) is 4.53. The highest BCUT2D eigenvalue weighted by Gasteiger charge is 2.29. The molecule has 0 fully saturated rings. The second-order valence-corrected chi connectivity index (χ2v) is 11.4. The lowest BCUT2D eigenvalue weighted by Gasteiger charge is -2.24. The first-order valence-electron chi connectivity index (χ1n) is 12.4. The molecule has 1 heterocycles. The predicted molar refractivity (Wildman–Crippen MR) is 153 cm³/mol. The summed E-state index contributed by atoms with van der Waals surface area (Å²) in [5.74, 6) is -1.48. The molecule has 3 aromatic carbocycles. The zero-order valence-corrected chi connectivity index (χ0v) is 23.4. The van der Waals surface area contributed by atoms with Crippen molar-refractivity contribution in [3.05, 3.63) is 112 Å². The zero-order valence-electron chi connectivity index (χ0n) is 22.6. The molecule has 0 aliphatic heterocycles. The van der Waals surface area contributed by atoms with Crippen molar-refractivity contribution in [2.75, 3.05) is 10.8 Å². The third kappa shape index (κ3) is 6.09. The molecule has 0 saturated heterocycles. The van der Waals surface area contributed by atoms with Crippen LogP contribution in [0.1, 0.15) is 33.6 Å². The van der Waals surface area contributed by atoms with Crippen LogP contribution in [0.15, 0.2) is 82.8 Å². The number of sulfonamides is 1. The number of carbonyl (C=O) groups is 1. The van der Waals surface area contributed by atoms with E-state index in [4.69, 9.17) is 0 Å². The number of hydrogen-bond acceptors (Lipinski definition) is 4. The van der Waals surface area contributed by atoms with Crippen LogP contribution in [0.5, 0.6) is 0 Å². The van der Waals surface area contributed by atoms with Crippen molar-refractivity contribution in [3.8, 4) is 5.69 Å². The van der Waals surface area contributed by atoms with Gasteiger partial charge in [-0.2, -0.15) is 5.10 Å². The lowest BCUT2D eigenvalue weighted by Crippen LogP contribution is -2.40. The van der Waals surface area contributed by atoms with Gasteiger partial charge in [-0.05, 0) is 88.2 Å². The number of rotatable bonds is 8. The molecule has 0 saturated carbocycles. The van der Waals surface area contributed by atoms with E-state index in [9.17, 15) is 17.6 Å². The van der Waals surface area contributed by atoms with E-state index in [1.54, 1.807) is 12.1 Å². The van der Waals surface area contributed by atoms with Gasteiger partial charge < -0.3 is 4.57 Å². The number of carbonyl (C=O) groups excluding carboxylic acids is 1. The summed E-state index contributed by atoms with van der Waals surface area (Å²) in [5, 5.41) is 4.07. The van der Waals surface area contributed by atoms with E-state index in [1.165, 1.54) is 36.5 Å². The molecule has 0 aliphatic rings. The Morgan fingerprint density at radius 2 is 1.56 bits per heavy atom. The van der Waals surface area contributed by atoms with Crippen molar-refractivity contribution in [1.29, 1.82) is 0 Å². The van der Waals surface area contributed by atoms with Gasteiger partial charge in [-0.15, -0.1) is 0 Å². The zero-order chi connectivity index (χ0) is 28.3. The minimum Gasteiger partial charge on any atom is -0.318 e. The average Bonchev–Trinajstić information content (AvgIpc) is 3.15. The number of para-hydroxylation sites is 1. The molecule has 0 radical (unpaired) electrons. The van der Waals surface area contributed by atoms with Gasteiger partial charge in [-0.3, -0.25) is 9.10 Å². The molecule has 1 N–H and O–H groups in total. The molecule has 1 amide bonds. The Labute approximate surface area is 228 Å². The number of aromatic nitrogens is 1. The van der Waals surface area contributed by atoms with Gasteiger partial charge in [-0.25, -0.2) is 18.2 Å². The van der Waals surface area contributed by atoms with Crippen LogP contribution in [0.2, 0.25) is 0 Å². The van der Waals surface area contributed by atoms with Crippen LogP contribution in [0, 0.1) is 40.4 Å². The van der Waals surface area contributed by atoms with Crippen molar-refractivity contribution in [2.24, 2.45) is 5.10 Å². The highest BCUT2D eigenvalue weighted by Crippen LogP contribution is 2.26. The summed E-state index contributed by atoms with van der Waals surface area (Å²) in [6.07, 6.45) is 1.52. The monoisotopic (exact) mass is 546 g/mol. The van der Waals surface area contributed by atoms with Gasteiger partial charge in [0.05, 0.1) is 16.8 Å². The summed E-state index contributed by atoms with van der Waals surface area (Å²) in [4.78, 5) is 12.8. The minimum absolute atomic E-state index is 0.0496. The summed E-state index contributed by atoms with van der Waals surface area (Å²) in [7, 11) is -4.24. The summed E-state index contributed by atoms with van der Waals surface area (Å²) >= 11 is 0. The smallest absolute Gasteiger partial charge is 0.264 e. The Bertz CT molecular complexity index is 1640. The maximum Gasteiger partial charge on any atom is 0.264 e. The molecule has 0 bridgehead atoms. The van der Waals surface area contributed by atoms with Gasteiger partial charge in [0.1, 0.15) is 12.4 Å². The van der Waals surface area contributed by atoms with Crippen molar-refractivity contribution in [1.82, 2.24) is 9.99 Å². The molecule has 39 heavy (non-hydrogen) atoms. The second-order valence-electron chi connectivity index (χ2n) is 9.58. The van der Waals surface area contributed by atoms with E-state index in [0.29, 0.717) is 0 Å². The Morgan fingerprint density at radius 1 is 0.923 bits per heavy atom. The van der Waals surface area contributed by atoms with Crippen molar-refractivity contribution in [3.63, 3.8) is 0 Å². The van der Waals surface area contributed by atoms with E-state index in [1.807, 2.05) is 40.7 Å². The number of aryl methyl sites for hydroxylation is 4. The van der Waals surface area contributed by atoms with E-state index in [2.05, 4.69) is 33.3 Å². The maximum atomic E-state index is 14.7. The molecule has 0 atom stereocenters. The number of nitrogens with one attached hydrogen (secondary N) is 1. The SMILES string of the molecule is Cc1ccc(S(=O)(=O)N(CC(=O)N/N=C\c2cc(C)n(-c3cc(C)cc(C)c3)c2C)c2ccccc2F)cc1. The highest BCUT2D eigenvalue weighted by molar-refractivity contribution is 7.92. The lowest BCUT2D eigenvalue weighted by atomic mass is 10.1. The number of hydrazone groups is 1. The maximum absolute atomic E-state index is 14.7. The van der Waals surface area contributed by atoms with E-state index >= 15 is 0 Å². The molecule has 0 aliphatic carbocycles. The van der Waals surface area contributed by atoms with Gasteiger partial charge >= 0.3 is 0 Å². The number of benzene rings is 3. The topological polar surface area (TPSA) is 83.8 Å². The molecular weight excluding hydrogens is 515 g/mol. The summed E-state index contributed by atoms with van der Waals surface area (Å²) in [6.45, 7) is 9.22. The number of amides is 1. The van der Waals surface area contributed by atoms with Gasteiger partial charge in [0.25, 0.3) is 15.9 Å². The quantitative estimate of drug-likeness (QED) is 0.234. The molecule has 0 unspecified atom stereocenters. The Balaban J connectivity index is 1.57. The number of nitrogens with zero attached hydrogens (tertiary/aromatic N) is 3. The Kier molecular flexibility index (Phi) is 8.01. The fourth-order valence-corrected chi connectivity index (χ4v) is 5.95. The molecule has 4 aromatic rings. The third-order valence-electron chi connectivity index (χ3n) is 6.35. The first-order valence-corrected chi connectivity index (χ1v) is 13.8. The first-order chi connectivity index (χ1) is 18.5. The molecule has 4 rings (SSSR count). The largest absolute Gasteiger partial charge is 0.318 e. The van der Waals surface area contributed by atoms with E-state index < -0.39 is 28.3 Å². The van der Waals surface area contributed by atoms with E-state index in [0.717, 1.165) is 49.7 Å². The van der Waals surface area contributed by atoms with Crippen LogP contribution in [-0.2, 0) is 14.8 Å². The fraction of sp³-hybridized carbons (Fsp3) is 0.200. The summed E-state index contributed by atoms with van der Waals surface area (Å²) < 4.78 is 44.4. The Hall–Kier alpha value is -4.24. The molecule has 7 nitrogen and oxygen atoms in total. The molecular formula is C30H31FN4O3S. The van der Waals surface area contributed by atoms with Gasteiger partial charge in [0.2, 0.25) is 0 Å². The second kappa shape index (κ2) is 11.2. The van der Waals surface area contributed by atoms with Gasteiger partial charge in [0, 0.05) is 22.6 Å². The highest BCUT2D eigenvalue weighted by atomic mass is 32.2. The normalized spacial score (nSPS) is 11.6. The van der Waals surface area contributed by atoms with Crippen LogP contribution >= 0.6 is 0 Å². The number of anilines is 1. The van der Waals surface area contributed by atoms with Crippen molar-refractivity contribution < 1.29 is 17.6 Å². The van der Waals surface area contributed by atoms with Crippen LogP contribution in [0.3, 0.4) is 0 Å². The minimum atomic E-state index is -4.24. The first kappa shape index (κ1) is 27.8. The van der Waals surface area contributed by atoms with Crippen LogP contribution in [-0.4, -0.2) is 31.7 Å². The molecule has 9 heteroatoms. The van der Waals surface area contributed by atoms with Crippen LogP contribution < -0.4 is 9.73 Å². The molecule has 0 spiro atoms. The molecule has 1 aromatic heterocycles. The lowest BCUT2D eigenvalue weighted by molar-refractivity contribution is -0.119. The van der Waals surface area contributed by atoms with Crippen molar-refractivity contribution >= 4 is 27.8 Å². The van der Waals surface area contributed by atoms with Gasteiger partial charge in [0.15, 0.2) is 0 Å². The standard InChI is InChI=1S/C30H31FN4O3S/c1-20-10-12-27(13-11-20)39(37,38)34(29-9-7-6-8-28(29)31)19-30(36)33-32-18-25-17-23(4)35(24(25)5)26-15-21(2)14-22(3)16-26/h6-18H,19H2,1-5H3,(H,33,36)/b32-18-. The van der Waals surface area contributed by atoms with E-state index in [-0.39, 0.29) is 10.6 Å². The number of halogens is 1. The Morgan fingerprint density at radius 3 is 2.21 bits per heavy atom. The average molecular weight is 547 g/mol. The van der Waals surface area contributed by atoms with Crippen LogP contribution in [0.4, 0.5) is 10.1 Å². The predicted octanol–water partition coefficient (Wildman–Crippen LogP) is 5.50. The van der Waals surface area contributed by atoms with Gasteiger partial charge in [-0.1, -0.05) is 35.9 Å². The van der Waals surface area contributed by atoms with Crippen LogP contribution in [0.25, 0.3) is 5.69 Å². The number of hydrogen-bond donors (Lipinski definition) is 1. The molecule has 202 valence electrons. The third-order valence-corrected chi connectivity index (χ3v) is 8.12.